The quantitative estimate of drug-likeness (QED) is 0.650. The van der Waals surface area contributed by atoms with Crippen molar-refractivity contribution in [2.24, 2.45) is 5.73 Å². The molecule has 0 saturated heterocycles. The van der Waals surface area contributed by atoms with Crippen LogP contribution >= 0.6 is 11.6 Å². The van der Waals surface area contributed by atoms with Crippen LogP contribution in [0.25, 0.3) is 0 Å². The van der Waals surface area contributed by atoms with E-state index in [0.29, 0.717) is 29.7 Å². The Morgan fingerprint density at radius 1 is 1.08 bits per heavy atom. The highest BCUT2D eigenvalue weighted by molar-refractivity contribution is 6.30. The molecule has 26 heavy (non-hydrogen) atoms. The fraction of sp³-hybridized carbons (Fsp3) is 0.222. The topological polar surface area (TPSA) is 99.9 Å². The molecule has 8 heteroatoms. The first-order valence-electron chi connectivity index (χ1n) is 7.75. The molecule has 0 atom stereocenters. The van der Waals surface area contributed by atoms with E-state index in [1.165, 1.54) is 19.2 Å². The number of benzene rings is 2. The minimum Gasteiger partial charge on any atom is -0.497 e. The smallest absolute Gasteiger partial charge is 0.258 e. The maximum Gasteiger partial charge on any atom is 0.258 e. The number of nitrogens with two attached hydrogens (primary N) is 1. The van der Waals surface area contributed by atoms with Crippen LogP contribution < -0.4 is 25.3 Å². The van der Waals surface area contributed by atoms with E-state index in [9.17, 15) is 9.59 Å². The summed E-state index contributed by atoms with van der Waals surface area (Å²) >= 11 is 5.79. The molecule has 0 heterocycles. The highest BCUT2D eigenvalue weighted by Crippen LogP contribution is 2.23. The molecule has 0 aromatic heterocycles. The third kappa shape index (κ3) is 5.86. The van der Waals surface area contributed by atoms with Gasteiger partial charge in [0.2, 0.25) is 0 Å². The van der Waals surface area contributed by atoms with E-state index in [0.717, 1.165) is 0 Å². The number of nitrogens with one attached hydrogen (secondary N) is 1. The molecule has 2 rings (SSSR count). The fourth-order valence-corrected chi connectivity index (χ4v) is 2.16. The Balaban J connectivity index is 1.76. The summed E-state index contributed by atoms with van der Waals surface area (Å²) in [6.45, 7) is 0.339. The Kier molecular flexibility index (Phi) is 7.11. The molecule has 2 amide bonds. The van der Waals surface area contributed by atoms with Crippen LogP contribution in [0.4, 0.5) is 0 Å². The van der Waals surface area contributed by atoms with Gasteiger partial charge in [0, 0.05) is 5.02 Å². The number of ether oxygens (including phenoxy) is 3. The van der Waals surface area contributed by atoms with Crippen molar-refractivity contribution in [2.45, 2.75) is 0 Å². The van der Waals surface area contributed by atoms with Crippen molar-refractivity contribution >= 4 is 23.4 Å². The van der Waals surface area contributed by atoms with Gasteiger partial charge in [-0.3, -0.25) is 9.59 Å². The average molecular weight is 379 g/mol. The summed E-state index contributed by atoms with van der Waals surface area (Å²) < 4.78 is 15.9. The first-order valence-corrected chi connectivity index (χ1v) is 8.13. The van der Waals surface area contributed by atoms with Crippen molar-refractivity contribution in [3.8, 4) is 17.2 Å². The molecule has 7 nitrogen and oxygen atoms in total. The van der Waals surface area contributed by atoms with Crippen LogP contribution in [0.3, 0.4) is 0 Å². The van der Waals surface area contributed by atoms with Gasteiger partial charge in [0.05, 0.1) is 19.2 Å². The fourth-order valence-electron chi connectivity index (χ4n) is 2.04. The molecular weight excluding hydrogens is 360 g/mol. The van der Waals surface area contributed by atoms with Crippen molar-refractivity contribution in [3.05, 3.63) is 53.1 Å². The first kappa shape index (κ1) is 19.4. The van der Waals surface area contributed by atoms with E-state index >= 15 is 0 Å². The SMILES string of the molecule is COc1ccc(OCC(=O)NCCOc2ccc(Cl)cc2)c(C(N)=O)c1. The van der Waals surface area contributed by atoms with E-state index in [-0.39, 0.29) is 23.8 Å². The monoisotopic (exact) mass is 378 g/mol. The van der Waals surface area contributed by atoms with Crippen LogP contribution in [0.15, 0.2) is 42.5 Å². The van der Waals surface area contributed by atoms with Crippen molar-refractivity contribution in [1.29, 1.82) is 0 Å². The van der Waals surface area contributed by atoms with Gasteiger partial charge < -0.3 is 25.3 Å². The molecule has 3 N–H and O–H groups in total. The van der Waals surface area contributed by atoms with Crippen LogP contribution in [0.1, 0.15) is 10.4 Å². The number of halogens is 1. The number of carbonyl (C=O) groups is 2. The molecule has 0 aliphatic heterocycles. The maximum absolute atomic E-state index is 11.8. The molecule has 0 unspecified atom stereocenters. The Labute approximate surface area is 156 Å². The molecule has 0 saturated carbocycles. The van der Waals surface area contributed by atoms with Gasteiger partial charge in [0.15, 0.2) is 6.61 Å². The lowest BCUT2D eigenvalue weighted by atomic mass is 10.2. The summed E-state index contributed by atoms with van der Waals surface area (Å²) in [5.74, 6) is 0.316. The highest BCUT2D eigenvalue weighted by Gasteiger charge is 2.12. The summed E-state index contributed by atoms with van der Waals surface area (Å²) in [6.07, 6.45) is 0. The van der Waals surface area contributed by atoms with Gasteiger partial charge in [0.25, 0.3) is 11.8 Å². The number of methoxy groups -OCH3 is 1. The van der Waals surface area contributed by atoms with Crippen molar-refractivity contribution in [2.75, 3.05) is 26.9 Å². The summed E-state index contributed by atoms with van der Waals surface area (Å²) in [6, 6.07) is 11.5. The molecule has 138 valence electrons. The maximum atomic E-state index is 11.8. The van der Waals surface area contributed by atoms with Gasteiger partial charge in [-0.25, -0.2) is 0 Å². The number of amides is 2. The Morgan fingerprint density at radius 3 is 2.42 bits per heavy atom. The van der Waals surface area contributed by atoms with Gasteiger partial charge in [0.1, 0.15) is 23.9 Å². The number of primary amides is 1. The van der Waals surface area contributed by atoms with Crippen molar-refractivity contribution in [1.82, 2.24) is 5.32 Å². The molecule has 0 aliphatic carbocycles. The molecule has 0 spiro atoms. The van der Waals surface area contributed by atoms with E-state index in [2.05, 4.69) is 5.32 Å². The molecule has 2 aromatic rings. The summed E-state index contributed by atoms with van der Waals surface area (Å²) in [5.41, 5.74) is 5.45. The molecule has 0 aliphatic rings. The van der Waals surface area contributed by atoms with Crippen LogP contribution in [0, 0.1) is 0 Å². The van der Waals surface area contributed by atoms with E-state index < -0.39 is 5.91 Å². The largest absolute Gasteiger partial charge is 0.497 e. The Hall–Kier alpha value is -2.93. The lowest BCUT2D eigenvalue weighted by Gasteiger charge is -2.11. The predicted octanol–water partition coefficient (Wildman–Crippen LogP) is 2.02. The van der Waals surface area contributed by atoms with Gasteiger partial charge in [-0.1, -0.05) is 11.6 Å². The Morgan fingerprint density at radius 2 is 1.77 bits per heavy atom. The van der Waals surface area contributed by atoms with E-state index in [4.69, 9.17) is 31.5 Å². The van der Waals surface area contributed by atoms with Crippen molar-refractivity contribution in [3.63, 3.8) is 0 Å². The number of carbonyl (C=O) groups excluding carboxylic acids is 2. The normalized spacial score (nSPS) is 10.1. The average Bonchev–Trinajstić information content (AvgIpc) is 2.64. The van der Waals surface area contributed by atoms with Crippen LogP contribution in [-0.2, 0) is 4.79 Å². The molecule has 0 radical (unpaired) electrons. The number of hydrogen-bond acceptors (Lipinski definition) is 5. The zero-order chi connectivity index (χ0) is 18.9. The number of hydrogen-bond donors (Lipinski definition) is 2. The van der Waals surface area contributed by atoms with Gasteiger partial charge >= 0.3 is 0 Å². The summed E-state index contributed by atoms with van der Waals surface area (Å²) in [5, 5.41) is 3.27. The Bertz CT molecular complexity index is 765. The lowest BCUT2D eigenvalue weighted by molar-refractivity contribution is -0.123. The molecular formula is C18H19ClN2O5. The van der Waals surface area contributed by atoms with E-state index in [1.807, 2.05) is 0 Å². The lowest BCUT2D eigenvalue weighted by Crippen LogP contribution is -2.32. The first-order chi connectivity index (χ1) is 12.5. The van der Waals surface area contributed by atoms with Crippen molar-refractivity contribution < 1.29 is 23.8 Å². The van der Waals surface area contributed by atoms with Gasteiger partial charge in [-0.2, -0.15) is 0 Å². The van der Waals surface area contributed by atoms with Gasteiger partial charge in [-0.05, 0) is 42.5 Å². The highest BCUT2D eigenvalue weighted by atomic mass is 35.5. The standard InChI is InChI=1S/C18H19ClN2O5/c1-24-14-6-7-16(15(10-14)18(20)23)26-11-17(22)21-8-9-25-13-4-2-12(19)3-5-13/h2-7,10H,8-9,11H2,1H3,(H2,20,23)(H,21,22). The molecule has 0 bridgehead atoms. The molecule has 2 aromatic carbocycles. The second-order valence-electron chi connectivity index (χ2n) is 5.17. The minimum absolute atomic E-state index is 0.142. The molecule has 0 fully saturated rings. The third-order valence-electron chi connectivity index (χ3n) is 3.32. The zero-order valence-corrected chi connectivity index (χ0v) is 14.9. The van der Waals surface area contributed by atoms with E-state index in [1.54, 1.807) is 30.3 Å². The third-order valence-corrected chi connectivity index (χ3v) is 3.57. The van der Waals surface area contributed by atoms with Gasteiger partial charge in [-0.15, -0.1) is 0 Å². The summed E-state index contributed by atoms with van der Waals surface area (Å²) in [4.78, 5) is 23.3. The number of rotatable bonds is 9. The second-order valence-corrected chi connectivity index (χ2v) is 5.60. The summed E-state index contributed by atoms with van der Waals surface area (Å²) in [7, 11) is 1.47. The minimum atomic E-state index is -0.671. The van der Waals surface area contributed by atoms with Crippen LogP contribution in [0.5, 0.6) is 17.2 Å². The van der Waals surface area contributed by atoms with Crippen LogP contribution in [0.2, 0.25) is 5.02 Å². The van der Waals surface area contributed by atoms with Crippen LogP contribution in [-0.4, -0.2) is 38.7 Å². The zero-order valence-electron chi connectivity index (χ0n) is 14.2. The second kappa shape index (κ2) is 9.53. The predicted molar refractivity (Wildman–Crippen MR) is 97.0 cm³/mol.